The highest BCUT2D eigenvalue weighted by Gasteiger charge is 2.36. The summed E-state index contributed by atoms with van der Waals surface area (Å²) < 4.78 is 5.33. The van der Waals surface area contributed by atoms with Crippen molar-refractivity contribution in [3.05, 3.63) is 17.5 Å². The van der Waals surface area contributed by atoms with Gasteiger partial charge in [-0.3, -0.25) is 4.79 Å². The number of aromatic nitrogens is 1. The Kier molecular flexibility index (Phi) is 3.07. The highest BCUT2D eigenvalue weighted by atomic mass is 16.5. The quantitative estimate of drug-likeness (QED) is 0.857. The molecule has 1 aromatic heterocycles. The van der Waals surface area contributed by atoms with Crippen LogP contribution in [0.1, 0.15) is 36.8 Å². The van der Waals surface area contributed by atoms with E-state index in [1.165, 1.54) is 0 Å². The van der Waals surface area contributed by atoms with Crippen molar-refractivity contribution in [2.45, 2.75) is 32.2 Å². The molecule has 2 unspecified atom stereocenters. The van der Waals surface area contributed by atoms with E-state index in [9.17, 15) is 4.79 Å². The lowest BCUT2D eigenvalue weighted by Gasteiger charge is -2.25. The summed E-state index contributed by atoms with van der Waals surface area (Å²) in [7, 11) is 0. The lowest BCUT2D eigenvalue weighted by molar-refractivity contribution is -0.136. The van der Waals surface area contributed by atoms with Gasteiger partial charge in [-0.05, 0) is 32.7 Å². The first-order valence-corrected chi connectivity index (χ1v) is 6.70. The van der Waals surface area contributed by atoms with Crippen LogP contribution >= 0.6 is 0 Å². The number of carbonyl (C=O) groups is 1. The van der Waals surface area contributed by atoms with E-state index < -0.39 is 0 Å². The van der Waals surface area contributed by atoms with Crippen molar-refractivity contribution in [1.82, 2.24) is 15.4 Å². The molecule has 0 bridgehead atoms. The molecule has 0 spiro atoms. The molecular formula is C13H19N3O2. The van der Waals surface area contributed by atoms with Crippen LogP contribution in [0, 0.1) is 12.8 Å². The molecule has 2 aliphatic heterocycles. The van der Waals surface area contributed by atoms with Crippen molar-refractivity contribution >= 4 is 5.91 Å². The Balaban J connectivity index is 1.76. The molecule has 0 saturated carbocycles. The highest BCUT2D eigenvalue weighted by molar-refractivity contribution is 5.80. The van der Waals surface area contributed by atoms with Gasteiger partial charge in [0.1, 0.15) is 0 Å². The fourth-order valence-corrected chi connectivity index (χ4v) is 2.97. The summed E-state index contributed by atoms with van der Waals surface area (Å²) in [6.45, 7) is 4.53. The van der Waals surface area contributed by atoms with Crippen molar-refractivity contribution in [3.63, 3.8) is 0 Å². The smallest absolute Gasteiger partial charge is 0.227 e. The fourth-order valence-electron chi connectivity index (χ4n) is 2.97. The molecule has 5 nitrogen and oxygen atoms in total. The van der Waals surface area contributed by atoms with E-state index in [4.69, 9.17) is 4.52 Å². The molecular weight excluding hydrogens is 230 g/mol. The summed E-state index contributed by atoms with van der Waals surface area (Å²) in [5, 5.41) is 7.18. The third kappa shape index (κ3) is 2.03. The van der Waals surface area contributed by atoms with Gasteiger partial charge in [0, 0.05) is 19.2 Å². The van der Waals surface area contributed by atoms with Gasteiger partial charge in [0.05, 0.1) is 17.7 Å². The van der Waals surface area contributed by atoms with Gasteiger partial charge in [0.2, 0.25) is 5.91 Å². The molecule has 2 atom stereocenters. The first-order valence-electron chi connectivity index (χ1n) is 6.70. The molecule has 18 heavy (non-hydrogen) atoms. The average molecular weight is 249 g/mol. The van der Waals surface area contributed by atoms with Crippen molar-refractivity contribution in [2.75, 3.05) is 19.6 Å². The summed E-state index contributed by atoms with van der Waals surface area (Å²) in [6, 6.07) is 2.04. The summed E-state index contributed by atoms with van der Waals surface area (Å²) in [6.07, 6.45) is 2.99. The number of carbonyl (C=O) groups excluding carboxylic acids is 1. The predicted octanol–water partition coefficient (Wildman–Crippen LogP) is 1.26. The van der Waals surface area contributed by atoms with E-state index in [1.54, 1.807) is 0 Å². The van der Waals surface area contributed by atoms with Gasteiger partial charge in [0.25, 0.3) is 0 Å². The van der Waals surface area contributed by atoms with Crippen LogP contribution in [-0.2, 0) is 4.79 Å². The zero-order valence-corrected chi connectivity index (χ0v) is 10.7. The maximum absolute atomic E-state index is 12.5. The van der Waals surface area contributed by atoms with Crippen molar-refractivity contribution < 1.29 is 9.32 Å². The minimum atomic E-state index is 0.0966. The molecule has 2 aliphatic rings. The zero-order chi connectivity index (χ0) is 12.5. The van der Waals surface area contributed by atoms with E-state index in [0.29, 0.717) is 0 Å². The second-order valence-corrected chi connectivity index (χ2v) is 5.25. The van der Waals surface area contributed by atoms with E-state index in [0.717, 1.165) is 50.4 Å². The minimum Gasteiger partial charge on any atom is -0.359 e. The minimum absolute atomic E-state index is 0.0966. The highest BCUT2D eigenvalue weighted by Crippen LogP contribution is 2.33. The summed E-state index contributed by atoms with van der Waals surface area (Å²) in [5.74, 6) is 1.26. The van der Waals surface area contributed by atoms with Gasteiger partial charge in [-0.25, -0.2) is 0 Å². The molecule has 2 saturated heterocycles. The number of rotatable bonds is 2. The predicted molar refractivity (Wildman–Crippen MR) is 65.9 cm³/mol. The van der Waals surface area contributed by atoms with Crippen LogP contribution in [0.2, 0.25) is 0 Å². The maximum Gasteiger partial charge on any atom is 0.227 e. The molecule has 5 heteroatoms. The Labute approximate surface area is 107 Å². The van der Waals surface area contributed by atoms with Gasteiger partial charge >= 0.3 is 0 Å². The summed E-state index contributed by atoms with van der Waals surface area (Å²) in [5.41, 5.74) is 0.881. The van der Waals surface area contributed by atoms with Crippen LogP contribution in [0.15, 0.2) is 10.6 Å². The third-order valence-electron chi connectivity index (χ3n) is 3.92. The lowest BCUT2D eigenvalue weighted by Crippen LogP contribution is -2.36. The second-order valence-electron chi connectivity index (χ2n) is 5.25. The molecule has 0 radical (unpaired) electrons. The Morgan fingerprint density at radius 3 is 3.11 bits per heavy atom. The van der Waals surface area contributed by atoms with E-state index in [-0.39, 0.29) is 17.9 Å². The summed E-state index contributed by atoms with van der Waals surface area (Å²) >= 11 is 0. The van der Waals surface area contributed by atoms with Crippen molar-refractivity contribution in [1.29, 1.82) is 0 Å². The molecule has 0 aromatic carbocycles. The Morgan fingerprint density at radius 1 is 1.56 bits per heavy atom. The van der Waals surface area contributed by atoms with Crippen LogP contribution in [0.5, 0.6) is 0 Å². The maximum atomic E-state index is 12.5. The number of nitrogens with one attached hydrogen (secondary N) is 1. The topological polar surface area (TPSA) is 58.4 Å². The number of likely N-dealkylation sites (tertiary alicyclic amines) is 1. The molecule has 0 aliphatic carbocycles. The zero-order valence-electron chi connectivity index (χ0n) is 10.7. The first-order chi connectivity index (χ1) is 8.75. The second kappa shape index (κ2) is 4.72. The molecule has 1 N–H and O–H groups in total. The SMILES string of the molecule is Cc1cc(C2CCCN2C(=O)C2CCNC2)on1. The van der Waals surface area contributed by atoms with Gasteiger partial charge < -0.3 is 14.7 Å². The molecule has 98 valence electrons. The molecule has 1 amide bonds. The third-order valence-corrected chi connectivity index (χ3v) is 3.92. The van der Waals surface area contributed by atoms with Crippen LogP contribution in [0.25, 0.3) is 0 Å². The van der Waals surface area contributed by atoms with Crippen LogP contribution in [-0.4, -0.2) is 35.6 Å². The van der Waals surface area contributed by atoms with E-state index >= 15 is 0 Å². The lowest BCUT2D eigenvalue weighted by atomic mass is 10.1. The Morgan fingerprint density at radius 2 is 2.44 bits per heavy atom. The van der Waals surface area contributed by atoms with Gasteiger partial charge in [0.15, 0.2) is 5.76 Å². The standard InChI is InChI=1S/C13H19N3O2/c1-9-7-12(18-15-9)11-3-2-6-16(11)13(17)10-4-5-14-8-10/h7,10-11,14H,2-6,8H2,1H3. The number of hydrogen-bond acceptors (Lipinski definition) is 4. The van der Waals surface area contributed by atoms with Gasteiger partial charge in [-0.15, -0.1) is 0 Å². The number of hydrogen-bond donors (Lipinski definition) is 1. The van der Waals surface area contributed by atoms with E-state index in [1.807, 2.05) is 17.9 Å². The monoisotopic (exact) mass is 249 g/mol. The Bertz CT molecular complexity index is 437. The number of amides is 1. The van der Waals surface area contributed by atoms with Crippen LogP contribution < -0.4 is 5.32 Å². The molecule has 3 heterocycles. The van der Waals surface area contributed by atoms with Gasteiger partial charge in [-0.1, -0.05) is 5.16 Å². The van der Waals surface area contributed by atoms with Crippen molar-refractivity contribution in [3.8, 4) is 0 Å². The Hall–Kier alpha value is -1.36. The average Bonchev–Trinajstić information content (AvgIpc) is 3.09. The number of aryl methyl sites for hydroxylation is 1. The fraction of sp³-hybridized carbons (Fsp3) is 0.692. The van der Waals surface area contributed by atoms with Gasteiger partial charge in [-0.2, -0.15) is 0 Å². The summed E-state index contributed by atoms with van der Waals surface area (Å²) in [4.78, 5) is 14.4. The molecule has 1 aromatic rings. The van der Waals surface area contributed by atoms with Crippen LogP contribution in [0.3, 0.4) is 0 Å². The largest absolute Gasteiger partial charge is 0.359 e. The molecule has 3 rings (SSSR count). The first kappa shape index (κ1) is 11.7. The molecule has 2 fully saturated rings. The van der Waals surface area contributed by atoms with Crippen LogP contribution in [0.4, 0.5) is 0 Å². The van der Waals surface area contributed by atoms with E-state index in [2.05, 4.69) is 10.5 Å². The number of nitrogens with zero attached hydrogens (tertiary/aromatic N) is 2. The van der Waals surface area contributed by atoms with Crippen molar-refractivity contribution in [2.24, 2.45) is 5.92 Å². The normalized spacial score (nSPS) is 27.9.